The van der Waals surface area contributed by atoms with E-state index >= 15 is 0 Å². The van der Waals surface area contributed by atoms with E-state index < -0.39 is 0 Å². The van der Waals surface area contributed by atoms with Gasteiger partial charge < -0.3 is 19.5 Å². The largest absolute Gasteiger partial charge is 0.457 e. The van der Waals surface area contributed by atoms with Gasteiger partial charge in [0, 0.05) is 29.5 Å². The van der Waals surface area contributed by atoms with Crippen LogP contribution in [0.25, 0.3) is 5.69 Å². The van der Waals surface area contributed by atoms with E-state index in [0.717, 1.165) is 40.0 Å². The molecule has 1 aliphatic heterocycles. The second-order valence-electron chi connectivity index (χ2n) is 9.78. The van der Waals surface area contributed by atoms with Crippen LogP contribution in [0.5, 0.6) is 11.5 Å². The topological polar surface area (TPSA) is 55.2 Å². The molecular weight excluding hydrogens is 502 g/mol. The normalized spacial score (nSPS) is 16.8. The minimum atomic E-state index is -0.120. The average molecular weight is 532 g/mol. The Morgan fingerprint density at radius 1 is 0.821 bits per heavy atom. The van der Waals surface area contributed by atoms with Crippen LogP contribution in [0.2, 0.25) is 0 Å². The van der Waals surface area contributed by atoms with Crippen molar-refractivity contribution in [2.24, 2.45) is 0 Å². The van der Waals surface area contributed by atoms with Crippen molar-refractivity contribution in [2.45, 2.75) is 32.9 Å². The number of ether oxygens (including phenoxy) is 1. The van der Waals surface area contributed by atoms with Crippen LogP contribution in [0.15, 0.2) is 104 Å². The molecule has 2 aromatic carbocycles. The molecule has 1 aliphatic rings. The molecule has 0 radical (unpaired) electrons. The zero-order valence-electron chi connectivity index (χ0n) is 22.1. The van der Waals surface area contributed by atoms with Crippen LogP contribution in [0.1, 0.15) is 40.3 Å². The van der Waals surface area contributed by atoms with Crippen molar-refractivity contribution in [2.75, 3.05) is 4.90 Å². The van der Waals surface area contributed by atoms with Gasteiger partial charge in [0.2, 0.25) is 0 Å². The maximum Gasteiger partial charge on any atom is 0.174 e. The molecule has 2 atom stereocenters. The van der Waals surface area contributed by atoms with E-state index in [4.69, 9.17) is 21.9 Å². The lowest BCUT2D eigenvalue weighted by Crippen LogP contribution is -2.29. The number of hydrogen-bond acceptors (Lipinski definition) is 4. The Balaban J connectivity index is 1.40. The van der Waals surface area contributed by atoms with Gasteiger partial charge in [0.15, 0.2) is 5.11 Å². The lowest BCUT2D eigenvalue weighted by Gasteiger charge is -2.28. The number of nitrogens with zero attached hydrogens (tertiary/aromatic N) is 4. The van der Waals surface area contributed by atoms with Gasteiger partial charge in [-0.25, -0.2) is 0 Å². The van der Waals surface area contributed by atoms with Crippen LogP contribution in [0.3, 0.4) is 0 Å². The first-order valence-corrected chi connectivity index (χ1v) is 13.3. The maximum atomic E-state index is 6.08. The summed E-state index contributed by atoms with van der Waals surface area (Å²) in [5.41, 5.74) is 7.61. The fourth-order valence-electron chi connectivity index (χ4n) is 5.34. The number of anilines is 1. The Hall–Kier alpha value is -4.49. The number of nitrogens with one attached hydrogen (secondary N) is 1. The van der Waals surface area contributed by atoms with Crippen LogP contribution in [-0.4, -0.2) is 19.6 Å². The van der Waals surface area contributed by atoms with Crippen molar-refractivity contribution in [1.82, 2.24) is 19.9 Å². The molecule has 6 nitrogen and oxygen atoms in total. The minimum absolute atomic E-state index is 0.104. The summed E-state index contributed by atoms with van der Waals surface area (Å²) in [5.74, 6) is 1.58. The molecule has 1 fully saturated rings. The Kier molecular flexibility index (Phi) is 6.59. The van der Waals surface area contributed by atoms with Gasteiger partial charge in [-0.05, 0) is 105 Å². The van der Waals surface area contributed by atoms with E-state index in [2.05, 4.69) is 70.9 Å². The number of aryl methyl sites for hydroxylation is 2. The number of thiocarbonyl (C=S) groups is 1. The summed E-state index contributed by atoms with van der Waals surface area (Å²) in [6.07, 6.45) is 5.51. The molecule has 0 saturated carbocycles. The average Bonchev–Trinajstić information content (AvgIpc) is 3.46. The van der Waals surface area contributed by atoms with Gasteiger partial charge in [-0.15, -0.1) is 0 Å². The van der Waals surface area contributed by atoms with Crippen LogP contribution in [-0.2, 0) is 0 Å². The summed E-state index contributed by atoms with van der Waals surface area (Å²) in [7, 11) is 0. The number of hydrogen-bond donors (Lipinski definition) is 1. The number of aromatic nitrogens is 3. The van der Waals surface area contributed by atoms with Crippen molar-refractivity contribution in [3.8, 4) is 17.2 Å². The van der Waals surface area contributed by atoms with Crippen LogP contribution >= 0.6 is 12.2 Å². The Bertz CT molecular complexity index is 1600. The molecule has 0 spiro atoms. The monoisotopic (exact) mass is 531 g/mol. The molecule has 39 heavy (non-hydrogen) atoms. The molecule has 1 saturated heterocycles. The molecule has 0 amide bonds. The van der Waals surface area contributed by atoms with Gasteiger partial charge in [0.1, 0.15) is 11.5 Å². The molecule has 194 valence electrons. The van der Waals surface area contributed by atoms with Crippen molar-refractivity contribution in [1.29, 1.82) is 0 Å². The van der Waals surface area contributed by atoms with Crippen LogP contribution < -0.4 is 15.0 Å². The molecule has 4 heterocycles. The molecule has 7 heteroatoms. The molecule has 0 unspecified atom stereocenters. The van der Waals surface area contributed by atoms with Crippen LogP contribution in [0.4, 0.5) is 5.69 Å². The van der Waals surface area contributed by atoms with E-state index in [9.17, 15) is 0 Å². The maximum absolute atomic E-state index is 6.08. The van der Waals surface area contributed by atoms with Gasteiger partial charge >= 0.3 is 0 Å². The highest BCUT2D eigenvalue weighted by Gasteiger charge is 2.42. The zero-order chi connectivity index (χ0) is 26.9. The predicted octanol–water partition coefficient (Wildman–Crippen LogP) is 7.16. The smallest absolute Gasteiger partial charge is 0.174 e. The molecule has 3 aromatic heterocycles. The van der Waals surface area contributed by atoms with Gasteiger partial charge in [0.05, 0.1) is 29.7 Å². The van der Waals surface area contributed by atoms with Crippen molar-refractivity contribution in [3.63, 3.8) is 0 Å². The summed E-state index contributed by atoms with van der Waals surface area (Å²) in [5, 5.41) is 4.23. The van der Waals surface area contributed by atoms with Crippen molar-refractivity contribution < 1.29 is 4.74 Å². The first-order valence-electron chi connectivity index (χ1n) is 12.9. The zero-order valence-corrected chi connectivity index (χ0v) is 22.9. The quantitative estimate of drug-likeness (QED) is 0.235. The van der Waals surface area contributed by atoms with Crippen molar-refractivity contribution in [3.05, 3.63) is 132 Å². The van der Waals surface area contributed by atoms with E-state index in [1.54, 1.807) is 6.20 Å². The lowest BCUT2D eigenvalue weighted by molar-refractivity contribution is 0.482. The second-order valence-corrected chi connectivity index (χ2v) is 10.2. The third-order valence-corrected chi connectivity index (χ3v) is 7.48. The predicted molar refractivity (Wildman–Crippen MR) is 159 cm³/mol. The first kappa shape index (κ1) is 24.8. The fourth-order valence-corrected chi connectivity index (χ4v) is 5.68. The minimum Gasteiger partial charge on any atom is -0.457 e. The summed E-state index contributed by atoms with van der Waals surface area (Å²) < 4.78 is 8.33. The third-order valence-electron chi connectivity index (χ3n) is 7.16. The van der Waals surface area contributed by atoms with E-state index in [0.29, 0.717) is 5.11 Å². The number of pyridine rings is 2. The second kappa shape index (κ2) is 10.3. The van der Waals surface area contributed by atoms with E-state index in [1.165, 1.54) is 11.1 Å². The lowest BCUT2D eigenvalue weighted by atomic mass is 9.96. The van der Waals surface area contributed by atoms with Crippen molar-refractivity contribution >= 4 is 23.0 Å². The fraction of sp³-hybridized carbons (Fsp3) is 0.156. The summed E-state index contributed by atoms with van der Waals surface area (Å²) in [4.78, 5) is 11.2. The Morgan fingerprint density at radius 3 is 2.23 bits per heavy atom. The number of benzene rings is 2. The molecule has 1 N–H and O–H groups in total. The highest BCUT2D eigenvalue weighted by atomic mass is 32.1. The number of rotatable bonds is 6. The molecule has 0 aliphatic carbocycles. The Labute approximate surface area is 233 Å². The Morgan fingerprint density at radius 2 is 1.56 bits per heavy atom. The first-order chi connectivity index (χ1) is 19.0. The molecule has 0 bridgehead atoms. The summed E-state index contributed by atoms with van der Waals surface area (Å²) >= 11 is 5.94. The molecule has 5 aromatic rings. The van der Waals surface area contributed by atoms with Gasteiger partial charge in [-0.1, -0.05) is 23.8 Å². The molecular formula is C32H29N5OS. The third kappa shape index (κ3) is 4.77. The SMILES string of the molecule is Cc1ccc(Oc2ccc(N3C(=S)N[C@@H](c4ccccn4)[C@@H]3c3cc(C)n(-c4cccnc4)c3C)cc2)cc1. The van der Waals surface area contributed by atoms with Crippen LogP contribution in [0, 0.1) is 20.8 Å². The summed E-state index contributed by atoms with van der Waals surface area (Å²) in [6, 6.07) is 28.2. The van der Waals surface area contributed by atoms with E-state index in [-0.39, 0.29) is 12.1 Å². The molecule has 6 rings (SSSR count). The van der Waals surface area contributed by atoms with Gasteiger partial charge in [-0.3, -0.25) is 9.97 Å². The highest BCUT2D eigenvalue weighted by molar-refractivity contribution is 7.80. The summed E-state index contributed by atoms with van der Waals surface area (Å²) in [6.45, 7) is 6.35. The van der Waals surface area contributed by atoms with Gasteiger partial charge in [-0.2, -0.15) is 0 Å². The standard InChI is InChI=1S/C32H29N5OS/c1-21-9-13-26(14-10-21)38-27-15-11-24(12-16-27)37-31(30(35-32(37)39)29-8-4-5-18-34-29)28-19-22(2)36(23(28)3)25-7-6-17-33-20-25/h4-20,30-31H,1-3H3,(H,35,39)/t30-,31-/m0/s1. The van der Waals surface area contributed by atoms with E-state index in [1.807, 2.05) is 67.0 Å². The highest BCUT2D eigenvalue weighted by Crippen LogP contribution is 2.44. The van der Waals surface area contributed by atoms with Gasteiger partial charge in [0.25, 0.3) is 0 Å².